The van der Waals surface area contributed by atoms with Crippen LogP contribution in [0.4, 0.5) is 11.6 Å². The van der Waals surface area contributed by atoms with Crippen LogP contribution in [-0.2, 0) is 0 Å². The molecule has 10 heteroatoms. The molecule has 2 fully saturated rings. The number of nitrogens with one attached hydrogen (secondary N) is 1. The van der Waals surface area contributed by atoms with Crippen LogP contribution in [0.25, 0.3) is 23.2 Å². The lowest BCUT2D eigenvalue weighted by Gasteiger charge is -2.27. The van der Waals surface area contributed by atoms with E-state index in [1.807, 2.05) is 35.9 Å². The third-order valence-corrected chi connectivity index (χ3v) is 7.62. The minimum atomic E-state index is -0.941. The molecule has 0 bridgehead atoms. The highest BCUT2D eigenvalue weighted by atomic mass is 35.5. The van der Waals surface area contributed by atoms with Crippen LogP contribution in [0.3, 0.4) is 0 Å². The van der Waals surface area contributed by atoms with E-state index in [1.165, 1.54) is 6.33 Å². The normalized spacial score (nSPS) is 30.1. The van der Waals surface area contributed by atoms with Gasteiger partial charge in [0.15, 0.2) is 0 Å². The second-order valence-corrected chi connectivity index (χ2v) is 9.67. The van der Waals surface area contributed by atoms with E-state index in [9.17, 15) is 10.2 Å². The molecule has 5 atom stereocenters. The highest BCUT2D eigenvalue weighted by Crippen LogP contribution is 2.51. The molecule has 3 aromatic rings. The van der Waals surface area contributed by atoms with E-state index in [1.54, 1.807) is 6.07 Å². The Labute approximate surface area is 201 Å². The van der Waals surface area contributed by atoms with Crippen molar-refractivity contribution in [2.24, 2.45) is 5.41 Å². The zero-order chi connectivity index (χ0) is 24.2. The summed E-state index contributed by atoms with van der Waals surface area (Å²) in [7, 11) is 0. The fraction of sp³-hybridized carbons (Fsp3) is 0.375. The summed E-state index contributed by atoms with van der Waals surface area (Å²) in [5.41, 5.74) is 12.9. The van der Waals surface area contributed by atoms with Crippen molar-refractivity contribution in [3.63, 3.8) is 0 Å². The van der Waals surface area contributed by atoms with Crippen molar-refractivity contribution in [1.29, 1.82) is 0 Å². The van der Waals surface area contributed by atoms with Gasteiger partial charge in [-0.2, -0.15) is 0 Å². The maximum Gasteiger partial charge on any atom is 0.145 e. The van der Waals surface area contributed by atoms with Crippen molar-refractivity contribution < 1.29 is 10.2 Å². The zero-order valence-electron chi connectivity index (χ0n) is 18.8. The fourth-order valence-electron chi connectivity index (χ4n) is 5.43. The van der Waals surface area contributed by atoms with Crippen LogP contribution in [0.1, 0.15) is 25.8 Å². The molecule has 1 saturated carbocycles. The van der Waals surface area contributed by atoms with Gasteiger partial charge in [0.2, 0.25) is 0 Å². The standard InChI is InChI=1S/C24H28ClN7O2/c1-3-13-7-15(25)22(27)31-16(13)6-12(2)17-8-24(10-28-17)9-18(19(33)20(24)34)32-5-4-14-21(26)29-11-30-23(14)32/h3-7,11,17-20,28,33-34H,2,8-10H2,1H3,(H2,27,31)(H2,26,29,30)/b13-3-,16-6+/t17-,18-,19+,20+,24+/m1/s1. The first-order valence-electron chi connectivity index (χ1n) is 11.2. The molecule has 0 radical (unpaired) electrons. The molecule has 2 aliphatic rings. The van der Waals surface area contributed by atoms with E-state index in [0.29, 0.717) is 41.2 Å². The molecule has 0 unspecified atom stereocenters. The van der Waals surface area contributed by atoms with Gasteiger partial charge in [0.05, 0.1) is 27.9 Å². The number of aromatic nitrogens is 4. The van der Waals surface area contributed by atoms with E-state index in [2.05, 4.69) is 26.8 Å². The number of anilines is 2. The Hall–Kier alpha value is -2.98. The summed E-state index contributed by atoms with van der Waals surface area (Å²) in [6.07, 6.45) is 6.44. The van der Waals surface area contributed by atoms with Gasteiger partial charge in [-0.1, -0.05) is 24.3 Å². The van der Waals surface area contributed by atoms with E-state index in [-0.39, 0.29) is 17.9 Å². The summed E-state index contributed by atoms with van der Waals surface area (Å²) >= 11 is 6.12. The minimum absolute atomic E-state index is 0.0802. The Kier molecular flexibility index (Phi) is 5.60. The minimum Gasteiger partial charge on any atom is -0.390 e. The van der Waals surface area contributed by atoms with Crippen LogP contribution in [-0.4, -0.2) is 54.5 Å². The molecule has 34 heavy (non-hydrogen) atoms. The number of nitrogens with zero attached hydrogens (tertiary/aromatic N) is 4. The smallest absolute Gasteiger partial charge is 0.145 e. The van der Waals surface area contributed by atoms with Gasteiger partial charge in [-0.25, -0.2) is 15.0 Å². The van der Waals surface area contributed by atoms with Crippen LogP contribution in [0.2, 0.25) is 5.02 Å². The SMILES string of the molecule is C=C(/C=c1/nc(N)c(Cl)c/c1=C/C)[C@H]1C[C@@]2(CN1)C[C@@H](n1ccc3c(N)ncnc31)[C@H](O)[C@@H]2O. The van der Waals surface area contributed by atoms with Crippen molar-refractivity contribution in [2.45, 2.75) is 44.1 Å². The Bertz CT molecular complexity index is 1400. The number of hydrogen-bond donors (Lipinski definition) is 5. The molecular weight excluding hydrogens is 454 g/mol. The Morgan fingerprint density at radius 3 is 2.85 bits per heavy atom. The lowest BCUT2D eigenvalue weighted by atomic mass is 9.80. The Morgan fingerprint density at radius 2 is 2.09 bits per heavy atom. The van der Waals surface area contributed by atoms with Crippen molar-refractivity contribution in [1.82, 2.24) is 24.8 Å². The number of rotatable bonds is 3. The third-order valence-electron chi connectivity index (χ3n) is 7.31. The highest BCUT2D eigenvalue weighted by Gasteiger charge is 2.56. The summed E-state index contributed by atoms with van der Waals surface area (Å²) in [4.78, 5) is 12.8. The molecule has 1 spiro atoms. The number of fused-ring (bicyclic) bond motifs is 1. The molecule has 5 rings (SSSR count). The number of nitrogen functional groups attached to an aromatic ring is 2. The van der Waals surface area contributed by atoms with Gasteiger partial charge in [0.25, 0.3) is 0 Å². The van der Waals surface area contributed by atoms with Gasteiger partial charge < -0.3 is 31.6 Å². The van der Waals surface area contributed by atoms with Crippen LogP contribution in [0.5, 0.6) is 0 Å². The predicted molar refractivity (Wildman–Crippen MR) is 133 cm³/mol. The van der Waals surface area contributed by atoms with Gasteiger partial charge in [-0.05, 0) is 48.8 Å². The van der Waals surface area contributed by atoms with Crippen LogP contribution < -0.4 is 27.4 Å². The molecule has 7 N–H and O–H groups in total. The topological polar surface area (TPSA) is 148 Å². The average Bonchev–Trinajstić information content (AvgIpc) is 3.50. The summed E-state index contributed by atoms with van der Waals surface area (Å²) in [5, 5.41) is 28.3. The van der Waals surface area contributed by atoms with Gasteiger partial charge in [-0.3, -0.25) is 0 Å². The molecule has 1 aliphatic heterocycles. The lowest BCUT2D eigenvalue weighted by Crippen LogP contribution is -2.38. The van der Waals surface area contributed by atoms with E-state index >= 15 is 0 Å². The molecule has 0 aromatic carbocycles. The summed E-state index contributed by atoms with van der Waals surface area (Å²) in [6, 6.07) is 3.21. The monoisotopic (exact) mass is 481 g/mol. The zero-order valence-corrected chi connectivity index (χ0v) is 19.6. The second kappa shape index (κ2) is 8.35. The third kappa shape index (κ3) is 3.56. The molecular formula is C24H28ClN7O2. The van der Waals surface area contributed by atoms with Crippen LogP contribution in [0.15, 0.2) is 36.8 Å². The van der Waals surface area contributed by atoms with Crippen LogP contribution >= 0.6 is 11.6 Å². The molecule has 4 heterocycles. The second-order valence-electron chi connectivity index (χ2n) is 9.26. The summed E-state index contributed by atoms with van der Waals surface area (Å²) in [6.45, 7) is 6.71. The first kappa shape index (κ1) is 22.8. The first-order valence-corrected chi connectivity index (χ1v) is 11.6. The molecule has 3 aromatic heterocycles. The number of pyridine rings is 1. The van der Waals surface area contributed by atoms with Crippen molar-refractivity contribution >= 4 is 46.4 Å². The Morgan fingerprint density at radius 1 is 1.29 bits per heavy atom. The quantitative estimate of drug-likeness (QED) is 0.363. The molecule has 1 saturated heterocycles. The highest BCUT2D eigenvalue weighted by molar-refractivity contribution is 6.32. The van der Waals surface area contributed by atoms with E-state index in [4.69, 9.17) is 23.1 Å². The number of nitrogens with two attached hydrogens (primary N) is 2. The van der Waals surface area contributed by atoms with Gasteiger partial charge in [0, 0.05) is 24.2 Å². The number of hydrogen-bond acceptors (Lipinski definition) is 8. The van der Waals surface area contributed by atoms with Crippen LogP contribution in [0, 0.1) is 5.41 Å². The summed E-state index contributed by atoms with van der Waals surface area (Å²) in [5.74, 6) is 0.656. The molecule has 9 nitrogen and oxygen atoms in total. The molecule has 178 valence electrons. The largest absolute Gasteiger partial charge is 0.390 e. The van der Waals surface area contributed by atoms with E-state index in [0.717, 1.165) is 16.2 Å². The molecule has 1 aliphatic carbocycles. The van der Waals surface area contributed by atoms with Gasteiger partial charge in [0.1, 0.15) is 29.7 Å². The number of aliphatic hydroxyl groups excluding tert-OH is 2. The summed E-state index contributed by atoms with van der Waals surface area (Å²) < 4.78 is 1.90. The Balaban J connectivity index is 1.42. The molecule has 0 amide bonds. The maximum absolute atomic E-state index is 11.1. The van der Waals surface area contributed by atoms with Crippen molar-refractivity contribution in [3.8, 4) is 0 Å². The first-order chi connectivity index (χ1) is 16.2. The van der Waals surface area contributed by atoms with Crippen molar-refractivity contribution in [3.05, 3.63) is 52.4 Å². The lowest BCUT2D eigenvalue weighted by molar-refractivity contribution is -0.0215. The maximum atomic E-state index is 11.1. The van der Waals surface area contributed by atoms with Gasteiger partial charge >= 0.3 is 0 Å². The van der Waals surface area contributed by atoms with Gasteiger partial charge in [-0.15, -0.1) is 0 Å². The fourth-order valence-corrected chi connectivity index (χ4v) is 5.59. The van der Waals surface area contributed by atoms with E-state index < -0.39 is 17.6 Å². The number of halogens is 1. The predicted octanol–water partition coefficient (Wildman–Crippen LogP) is 0.496. The van der Waals surface area contributed by atoms with Crippen molar-refractivity contribution in [2.75, 3.05) is 18.0 Å². The average molecular weight is 482 g/mol. The number of aliphatic hydroxyl groups is 2.